The average molecular weight is 434 g/mol. The van der Waals surface area contributed by atoms with E-state index in [9.17, 15) is 4.79 Å². The third kappa shape index (κ3) is 8.39. The summed E-state index contributed by atoms with van der Waals surface area (Å²) in [4.78, 5) is 16.4. The molecule has 0 saturated carbocycles. The minimum absolute atomic E-state index is 0. The molecule has 0 aromatic carbocycles. The van der Waals surface area contributed by atoms with Crippen LogP contribution in [0.3, 0.4) is 0 Å². The van der Waals surface area contributed by atoms with E-state index in [-0.39, 0.29) is 29.5 Å². The van der Waals surface area contributed by atoms with Crippen LogP contribution in [0.5, 0.6) is 0 Å². The molecule has 0 bridgehead atoms. The highest BCUT2D eigenvalue weighted by Gasteiger charge is 2.02. The van der Waals surface area contributed by atoms with E-state index in [1.807, 2.05) is 23.6 Å². The Hall–Kier alpha value is -1.05. The van der Waals surface area contributed by atoms with Crippen molar-refractivity contribution in [1.29, 1.82) is 0 Å². The van der Waals surface area contributed by atoms with Gasteiger partial charge in [-0.1, -0.05) is 13.0 Å². The molecule has 1 atom stereocenters. The summed E-state index contributed by atoms with van der Waals surface area (Å²) in [5, 5.41) is 6.64. The van der Waals surface area contributed by atoms with Crippen molar-refractivity contribution in [3.05, 3.63) is 34.2 Å². The van der Waals surface area contributed by atoms with E-state index in [1.54, 1.807) is 6.07 Å². The zero-order valence-corrected chi connectivity index (χ0v) is 17.1. The van der Waals surface area contributed by atoms with Crippen LogP contribution in [0.15, 0.2) is 28.0 Å². The van der Waals surface area contributed by atoms with E-state index in [0.29, 0.717) is 6.04 Å². The maximum atomic E-state index is 11.8. The summed E-state index contributed by atoms with van der Waals surface area (Å²) < 4.78 is 1.83. The Kier molecular flexibility index (Phi) is 11.8. The van der Waals surface area contributed by atoms with Crippen molar-refractivity contribution in [2.24, 2.45) is 4.99 Å². The number of rotatable bonds is 8. The number of pyridine rings is 1. The van der Waals surface area contributed by atoms with Crippen LogP contribution in [0.1, 0.15) is 45.7 Å². The van der Waals surface area contributed by atoms with Crippen molar-refractivity contribution < 1.29 is 0 Å². The van der Waals surface area contributed by atoms with Gasteiger partial charge in [-0.05, 0) is 46.1 Å². The first-order chi connectivity index (χ1) is 10.6. The van der Waals surface area contributed by atoms with Crippen LogP contribution in [-0.2, 0) is 6.54 Å². The molecule has 0 aliphatic heterocycles. The van der Waals surface area contributed by atoms with E-state index in [2.05, 4.69) is 36.4 Å². The molecule has 1 aromatic heterocycles. The number of hydrogen-bond acceptors (Lipinski definition) is 2. The number of aryl methyl sites for hydroxylation is 1. The number of hydrogen-bond donors (Lipinski definition) is 2. The Morgan fingerprint density at radius 3 is 2.65 bits per heavy atom. The van der Waals surface area contributed by atoms with Crippen LogP contribution in [0.2, 0.25) is 0 Å². The summed E-state index contributed by atoms with van der Waals surface area (Å²) in [7, 11) is 0. The topological polar surface area (TPSA) is 58.4 Å². The van der Waals surface area contributed by atoms with E-state index in [0.717, 1.165) is 50.6 Å². The fraction of sp³-hybridized carbons (Fsp3) is 0.647. The first-order valence-electron chi connectivity index (χ1n) is 8.29. The molecule has 5 nitrogen and oxygen atoms in total. The highest BCUT2D eigenvalue weighted by atomic mass is 127. The van der Waals surface area contributed by atoms with Gasteiger partial charge in [0, 0.05) is 37.4 Å². The predicted molar refractivity (Wildman–Crippen MR) is 109 cm³/mol. The van der Waals surface area contributed by atoms with Crippen molar-refractivity contribution in [2.45, 2.75) is 59.5 Å². The number of nitrogens with one attached hydrogen (secondary N) is 2. The van der Waals surface area contributed by atoms with Crippen LogP contribution >= 0.6 is 24.0 Å². The van der Waals surface area contributed by atoms with Crippen molar-refractivity contribution in [3.8, 4) is 0 Å². The summed E-state index contributed by atoms with van der Waals surface area (Å²) in [6, 6.07) is 5.81. The first kappa shape index (κ1) is 21.9. The molecule has 1 aromatic rings. The Bertz CT molecular complexity index is 528. The molecule has 0 fully saturated rings. The van der Waals surface area contributed by atoms with Crippen LogP contribution < -0.4 is 16.2 Å². The standard InChI is InChI=1S/C17H30N4O.HI/c1-5-14(3)20-17(18-6-2)19-12-7-8-13-21-15(4)10-9-11-16(21)22;/h9-11,14H,5-8,12-13H2,1-4H3,(H2,18,19,20);1H. The Balaban J connectivity index is 0.00000484. The SMILES string of the molecule is CCNC(=NCCCCn1c(C)cccc1=O)NC(C)CC.I. The molecule has 6 heteroatoms. The van der Waals surface area contributed by atoms with Crippen LogP contribution in [0.4, 0.5) is 0 Å². The van der Waals surface area contributed by atoms with Crippen LogP contribution in [0, 0.1) is 6.92 Å². The fourth-order valence-electron chi connectivity index (χ4n) is 2.14. The summed E-state index contributed by atoms with van der Waals surface area (Å²) in [5.74, 6) is 0.880. The van der Waals surface area contributed by atoms with Gasteiger partial charge in [-0.15, -0.1) is 24.0 Å². The third-order valence-electron chi connectivity index (χ3n) is 3.67. The second-order valence-electron chi connectivity index (χ2n) is 5.58. The van der Waals surface area contributed by atoms with Gasteiger partial charge in [0.25, 0.3) is 5.56 Å². The minimum Gasteiger partial charge on any atom is -0.357 e. The van der Waals surface area contributed by atoms with Gasteiger partial charge in [0.15, 0.2) is 5.96 Å². The monoisotopic (exact) mass is 434 g/mol. The van der Waals surface area contributed by atoms with E-state index in [1.165, 1.54) is 0 Å². The number of nitrogens with zero attached hydrogens (tertiary/aromatic N) is 2. The molecule has 0 amide bonds. The number of unbranched alkanes of at least 4 members (excludes halogenated alkanes) is 1. The Morgan fingerprint density at radius 1 is 1.30 bits per heavy atom. The summed E-state index contributed by atoms with van der Waals surface area (Å²) >= 11 is 0. The first-order valence-corrected chi connectivity index (χ1v) is 8.29. The van der Waals surface area contributed by atoms with Gasteiger partial charge in [-0.3, -0.25) is 9.79 Å². The van der Waals surface area contributed by atoms with E-state index >= 15 is 0 Å². The van der Waals surface area contributed by atoms with Crippen LogP contribution in [0.25, 0.3) is 0 Å². The lowest BCUT2D eigenvalue weighted by atomic mass is 10.2. The van der Waals surface area contributed by atoms with Gasteiger partial charge < -0.3 is 15.2 Å². The largest absolute Gasteiger partial charge is 0.357 e. The van der Waals surface area contributed by atoms with Gasteiger partial charge in [-0.25, -0.2) is 0 Å². The Labute approximate surface area is 157 Å². The molecule has 132 valence electrons. The van der Waals surface area contributed by atoms with Crippen LogP contribution in [-0.4, -0.2) is 29.7 Å². The summed E-state index contributed by atoms with van der Waals surface area (Å²) in [5.41, 5.74) is 1.10. The highest BCUT2D eigenvalue weighted by molar-refractivity contribution is 14.0. The summed E-state index contributed by atoms with van der Waals surface area (Å²) in [6.07, 6.45) is 3.00. The third-order valence-corrected chi connectivity index (χ3v) is 3.67. The number of guanidine groups is 1. The van der Waals surface area contributed by atoms with Crippen molar-refractivity contribution in [2.75, 3.05) is 13.1 Å². The smallest absolute Gasteiger partial charge is 0.250 e. The molecule has 2 N–H and O–H groups in total. The maximum Gasteiger partial charge on any atom is 0.250 e. The molecule has 0 spiro atoms. The lowest BCUT2D eigenvalue weighted by molar-refractivity contribution is 0.582. The lowest BCUT2D eigenvalue weighted by Crippen LogP contribution is -2.42. The van der Waals surface area contributed by atoms with Gasteiger partial charge in [-0.2, -0.15) is 0 Å². The number of halogens is 1. The molecule has 23 heavy (non-hydrogen) atoms. The van der Waals surface area contributed by atoms with Crippen molar-refractivity contribution in [3.63, 3.8) is 0 Å². The van der Waals surface area contributed by atoms with E-state index < -0.39 is 0 Å². The van der Waals surface area contributed by atoms with Gasteiger partial charge in [0.05, 0.1) is 0 Å². The summed E-state index contributed by atoms with van der Waals surface area (Å²) in [6.45, 7) is 10.7. The quantitative estimate of drug-likeness (QED) is 0.286. The molecule has 0 radical (unpaired) electrons. The molecule has 0 aliphatic rings. The second-order valence-corrected chi connectivity index (χ2v) is 5.58. The number of aromatic nitrogens is 1. The normalized spacial score (nSPS) is 12.4. The zero-order chi connectivity index (χ0) is 16.4. The Morgan fingerprint density at radius 2 is 2.04 bits per heavy atom. The van der Waals surface area contributed by atoms with Crippen molar-refractivity contribution >= 4 is 29.9 Å². The van der Waals surface area contributed by atoms with E-state index in [4.69, 9.17) is 0 Å². The lowest BCUT2D eigenvalue weighted by Gasteiger charge is -2.16. The zero-order valence-electron chi connectivity index (χ0n) is 14.8. The van der Waals surface area contributed by atoms with Crippen molar-refractivity contribution in [1.82, 2.24) is 15.2 Å². The number of aliphatic imine (C=N–C) groups is 1. The van der Waals surface area contributed by atoms with Gasteiger partial charge in [0.2, 0.25) is 0 Å². The molecule has 1 heterocycles. The minimum atomic E-state index is 0. The van der Waals surface area contributed by atoms with Gasteiger partial charge >= 0.3 is 0 Å². The predicted octanol–water partition coefficient (Wildman–Crippen LogP) is 2.91. The molecule has 1 rings (SSSR count). The maximum absolute atomic E-state index is 11.8. The highest BCUT2D eigenvalue weighted by Crippen LogP contribution is 1.99. The molecule has 0 saturated heterocycles. The fourth-order valence-corrected chi connectivity index (χ4v) is 2.14. The molecular weight excluding hydrogens is 403 g/mol. The molecular formula is C17H31IN4O. The molecule has 1 unspecified atom stereocenters. The molecule has 0 aliphatic carbocycles. The second kappa shape index (κ2) is 12.4. The average Bonchev–Trinajstić information content (AvgIpc) is 2.49. The van der Waals surface area contributed by atoms with Gasteiger partial charge in [0.1, 0.15) is 0 Å².